The second-order valence-electron chi connectivity index (χ2n) is 4.84. The molecule has 100 valence electrons. The monoisotopic (exact) mass is 249 g/mol. The van der Waals surface area contributed by atoms with Crippen LogP contribution in [0.1, 0.15) is 26.7 Å². The second-order valence-corrected chi connectivity index (χ2v) is 4.84. The summed E-state index contributed by atoms with van der Waals surface area (Å²) in [6, 6.07) is 6.04. The first-order valence-electron chi connectivity index (χ1n) is 6.86. The van der Waals surface area contributed by atoms with Gasteiger partial charge in [0.05, 0.1) is 6.10 Å². The van der Waals surface area contributed by atoms with E-state index in [9.17, 15) is 0 Å². The van der Waals surface area contributed by atoms with Crippen LogP contribution in [0.4, 0.5) is 11.6 Å². The van der Waals surface area contributed by atoms with E-state index in [2.05, 4.69) is 29.5 Å². The van der Waals surface area contributed by atoms with Crippen LogP contribution in [-0.2, 0) is 4.74 Å². The molecule has 2 atom stereocenters. The van der Waals surface area contributed by atoms with Gasteiger partial charge >= 0.3 is 0 Å². The molecule has 2 rings (SSSR count). The van der Waals surface area contributed by atoms with Crippen LogP contribution in [0.2, 0.25) is 0 Å². The van der Waals surface area contributed by atoms with Crippen LogP contribution >= 0.6 is 0 Å². The van der Waals surface area contributed by atoms with Crippen LogP contribution in [-0.4, -0.2) is 30.8 Å². The highest BCUT2D eigenvalue weighted by molar-refractivity contribution is 5.45. The molecular weight excluding hydrogens is 226 g/mol. The van der Waals surface area contributed by atoms with Crippen LogP contribution < -0.4 is 10.6 Å². The van der Waals surface area contributed by atoms with Crippen molar-refractivity contribution in [2.24, 2.45) is 5.92 Å². The molecule has 0 amide bonds. The lowest BCUT2D eigenvalue weighted by Crippen LogP contribution is -2.21. The lowest BCUT2D eigenvalue weighted by Gasteiger charge is -2.15. The minimum atomic E-state index is 0.360. The van der Waals surface area contributed by atoms with E-state index >= 15 is 0 Å². The lowest BCUT2D eigenvalue weighted by atomic mass is 10.0. The minimum absolute atomic E-state index is 0.360. The summed E-state index contributed by atoms with van der Waals surface area (Å²) in [4.78, 5) is 4.53. The van der Waals surface area contributed by atoms with E-state index in [1.807, 2.05) is 18.2 Å². The first kappa shape index (κ1) is 13.1. The molecule has 1 fully saturated rings. The fourth-order valence-corrected chi connectivity index (χ4v) is 2.16. The van der Waals surface area contributed by atoms with Crippen molar-refractivity contribution in [1.82, 2.24) is 4.98 Å². The van der Waals surface area contributed by atoms with E-state index in [0.717, 1.165) is 44.2 Å². The van der Waals surface area contributed by atoms with E-state index in [1.54, 1.807) is 0 Å². The molecular formula is C14H23N3O. The number of rotatable bonds is 6. The van der Waals surface area contributed by atoms with Crippen molar-refractivity contribution < 1.29 is 4.74 Å². The van der Waals surface area contributed by atoms with Gasteiger partial charge in [-0.2, -0.15) is 0 Å². The zero-order valence-electron chi connectivity index (χ0n) is 11.3. The van der Waals surface area contributed by atoms with E-state index in [-0.39, 0.29) is 0 Å². The predicted octanol–water partition coefficient (Wildman–Crippen LogP) is 2.74. The standard InChI is InChI=1S/C14H23N3O/c1-3-8-15-13-5-4-6-14(17-13)16-10-12-7-9-18-11(12)2/h4-6,11-12H,3,7-10H2,1-2H3,(H2,15,16,17). The molecule has 1 aliphatic heterocycles. The highest BCUT2D eigenvalue weighted by Crippen LogP contribution is 2.20. The van der Waals surface area contributed by atoms with Gasteiger partial charge in [-0.25, -0.2) is 4.98 Å². The first-order valence-corrected chi connectivity index (χ1v) is 6.86. The molecule has 0 aromatic carbocycles. The van der Waals surface area contributed by atoms with E-state index in [1.165, 1.54) is 0 Å². The molecule has 4 heteroatoms. The molecule has 2 heterocycles. The van der Waals surface area contributed by atoms with Gasteiger partial charge in [0.2, 0.25) is 0 Å². The Balaban J connectivity index is 1.84. The number of aromatic nitrogens is 1. The Bertz CT molecular complexity index is 370. The molecule has 2 N–H and O–H groups in total. The Morgan fingerprint density at radius 3 is 2.78 bits per heavy atom. The number of nitrogens with zero attached hydrogens (tertiary/aromatic N) is 1. The summed E-state index contributed by atoms with van der Waals surface area (Å²) >= 11 is 0. The second kappa shape index (κ2) is 6.59. The number of hydrogen-bond acceptors (Lipinski definition) is 4. The van der Waals surface area contributed by atoms with Gasteiger partial charge < -0.3 is 15.4 Å². The maximum Gasteiger partial charge on any atom is 0.128 e. The molecule has 4 nitrogen and oxygen atoms in total. The summed E-state index contributed by atoms with van der Waals surface area (Å²) in [5.74, 6) is 2.48. The third kappa shape index (κ3) is 3.60. The molecule has 0 radical (unpaired) electrons. The largest absolute Gasteiger partial charge is 0.378 e. The van der Waals surface area contributed by atoms with Gasteiger partial charge in [0.1, 0.15) is 11.6 Å². The Morgan fingerprint density at radius 2 is 2.11 bits per heavy atom. The maximum atomic E-state index is 5.56. The number of hydrogen-bond donors (Lipinski definition) is 2. The van der Waals surface area contributed by atoms with E-state index in [4.69, 9.17) is 4.74 Å². The van der Waals surface area contributed by atoms with Crippen molar-refractivity contribution in [3.8, 4) is 0 Å². The summed E-state index contributed by atoms with van der Waals surface area (Å²) in [5, 5.41) is 6.70. The average Bonchev–Trinajstić information content (AvgIpc) is 2.80. The van der Waals surface area contributed by atoms with Gasteiger partial charge in [-0.05, 0) is 31.9 Å². The van der Waals surface area contributed by atoms with Gasteiger partial charge in [0, 0.05) is 25.6 Å². The van der Waals surface area contributed by atoms with E-state index < -0.39 is 0 Å². The van der Waals surface area contributed by atoms with Gasteiger partial charge in [-0.1, -0.05) is 13.0 Å². The fraction of sp³-hybridized carbons (Fsp3) is 0.643. The van der Waals surface area contributed by atoms with Crippen molar-refractivity contribution >= 4 is 11.6 Å². The van der Waals surface area contributed by atoms with Crippen LogP contribution in [0.15, 0.2) is 18.2 Å². The fourth-order valence-electron chi connectivity index (χ4n) is 2.16. The molecule has 0 saturated carbocycles. The van der Waals surface area contributed by atoms with Crippen molar-refractivity contribution in [3.63, 3.8) is 0 Å². The van der Waals surface area contributed by atoms with Crippen molar-refractivity contribution in [3.05, 3.63) is 18.2 Å². The smallest absolute Gasteiger partial charge is 0.128 e. The van der Waals surface area contributed by atoms with Gasteiger partial charge in [-0.3, -0.25) is 0 Å². The summed E-state index contributed by atoms with van der Waals surface area (Å²) in [6.45, 7) is 7.08. The third-order valence-corrected chi connectivity index (χ3v) is 3.38. The molecule has 1 aliphatic rings. The zero-order chi connectivity index (χ0) is 12.8. The molecule has 0 spiro atoms. The van der Waals surface area contributed by atoms with Gasteiger partial charge in [0.25, 0.3) is 0 Å². The summed E-state index contributed by atoms with van der Waals surface area (Å²) < 4.78 is 5.56. The molecule has 2 unspecified atom stereocenters. The topological polar surface area (TPSA) is 46.2 Å². The van der Waals surface area contributed by atoms with Crippen LogP contribution in [0, 0.1) is 5.92 Å². The first-order chi connectivity index (χ1) is 8.79. The quantitative estimate of drug-likeness (QED) is 0.814. The highest BCUT2D eigenvalue weighted by Gasteiger charge is 2.23. The molecule has 0 bridgehead atoms. The summed E-state index contributed by atoms with van der Waals surface area (Å²) in [6.07, 6.45) is 2.61. The van der Waals surface area contributed by atoms with Crippen LogP contribution in [0.3, 0.4) is 0 Å². The Kier molecular flexibility index (Phi) is 4.81. The van der Waals surface area contributed by atoms with Crippen molar-refractivity contribution in [2.75, 3.05) is 30.3 Å². The van der Waals surface area contributed by atoms with Crippen molar-refractivity contribution in [1.29, 1.82) is 0 Å². The average molecular weight is 249 g/mol. The van der Waals surface area contributed by atoms with Gasteiger partial charge in [0.15, 0.2) is 0 Å². The number of ether oxygens (including phenoxy) is 1. The third-order valence-electron chi connectivity index (χ3n) is 3.38. The number of anilines is 2. The Morgan fingerprint density at radius 1 is 1.33 bits per heavy atom. The van der Waals surface area contributed by atoms with Crippen LogP contribution in [0.25, 0.3) is 0 Å². The van der Waals surface area contributed by atoms with Crippen LogP contribution in [0.5, 0.6) is 0 Å². The lowest BCUT2D eigenvalue weighted by molar-refractivity contribution is 0.108. The maximum absolute atomic E-state index is 5.56. The minimum Gasteiger partial charge on any atom is -0.378 e. The normalized spacial score (nSPS) is 23.0. The summed E-state index contributed by atoms with van der Waals surface area (Å²) in [7, 11) is 0. The van der Waals surface area contributed by atoms with Crippen molar-refractivity contribution in [2.45, 2.75) is 32.8 Å². The zero-order valence-corrected chi connectivity index (χ0v) is 11.3. The molecule has 18 heavy (non-hydrogen) atoms. The molecule has 1 saturated heterocycles. The molecule has 1 aromatic heterocycles. The van der Waals surface area contributed by atoms with E-state index in [0.29, 0.717) is 12.0 Å². The molecule has 1 aromatic rings. The SMILES string of the molecule is CCCNc1cccc(NCC2CCOC2C)n1. The number of nitrogens with one attached hydrogen (secondary N) is 2. The summed E-state index contributed by atoms with van der Waals surface area (Å²) in [5.41, 5.74) is 0. The van der Waals surface area contributed by atoms with Gasteiger partial charge in [-0.15, -0.1) is 0 Å². The Labute approximate surface area is 109 Å². The predicted molar refractivity (Wildman–Crippen MR) is 75.0 cm³/mol. The number of pyridine rings is 1. The highest BCUT2D eigenvalue weighted by atomic mass is 16.5. The molecule has 0 aliphatic carbocycles. The Hall–Kier alpha value is -1.29.